The van der Waals surface area contributed by atoms with Crippen LogP contribution in [0.5, 0.6) is 5.75 Å². The first-order chi connectivity index (χ1) is 21.4. The number of ether oxygens (including phenoxy) is 1. The van der Waals surface area contributed by atoms with Crippen molar-refractivity contribution in [1.29, 1.82) is 0 Å². The van der Waals surface area contributed by atoms with E-state index in [1.807, 2.05) is 40.1 Å². The Morgan fingerprint density at radius 3 is 2.48 bits per heavy atom. The summed E-state index contributed by atoms with van der Waals surface area (Å²) in [5.74, 6) is 0.104. The Morgan fingerprint density at radius 1 is 0.932 bits per heavy atom. The lowest BCUT2D eigenvalue weighted by Gasteiger charge is -2.24. The van der Waals surface area contributed by atoms with Gasteiger partial charge in [0.1, 0.15) is 5.75 Å². The predicted molar refractivity (Wildman–Crippen MR) is 166 cm³/mol. The van der Waals surface area contributed by atoms with E-state index in [1.165, 1.54) is 0 Å². The minimum Gasteiger partial charge on any atom is -0.482 e. The van der Waals surface area contributed by atoms with Gasteiger partial charge in [0, 0.05) is 48.9 Å². The molecule has 3 aliphatic rings. The van der Waals surface area contributed by atoms with Gasteiger partial charge in [-0.2, -0.15) is 0 Å². The summed E-state index contributed by atoms with van der Waals surface area (Å²) < 4.78 is 5.49. The van der Waals surface area contributed by atoms with Crippen molar-refractivity contribution < 1.29 is 23.9 Å². The fraction of sp³-hybridized carbons (Fsp3) is 0.353. The van der Waals surface area contributed by atoms with E-state index in [2.05, 4.69) is 10.6 Å². The number of hydrogen-bond donors (Lipinski definition) is 3. The van der Waals surface area contributed by atoms with Gasteiger partial charge < -0.3 is 30.9 Å². The highest BCUT2D eigenvalue weighted by Crippen LogP contribution is 2.33. The molecule has 4 N–H and O–H groups in total. The Morgan fingerprint density at radius 2 is 1.70 bits per heavy atom. The van der Waals surface area contributed by atoms with Gasteiger partial charge >= 0.3 is 0 Å². The van der Waals surface area contributed by atoms with E-state index in [9.17, 15) is 19.2 Å². The molecule has 0 bridgehead atoms. The van der Waals surface area contributed by atoms with Gasteiger partial charge in [-0.1, -0.05) is 24.6 Å². The number of anilines is 2. The predicted octanol–water partition coefficient (Wildman–Crippen LogP) is 4.44. The Kier molecular flexibility index (Phi) is 8.60. The van der Waals surface area contributed by atoms with Gasteiger partial charge in [-0.05, 0) is 91.4 Å². The van der Waals surface area contributed by atoms with Crippen molar-refractivity contribution in [2.24, 2.45) is 5.73 Å². The van der Waals surface area contributed by atoms with Crippen molar-refractivity contribution in [1.82, 2.24) is 9.80 Å². The average molecular weight is 596 g/mol. The molecule has 2 heterocycles. The summed E-state index contributed by atoms with van der Waals surface area (Å²) >= 11 is 0. The number of carbonyl (C=O) groups is 4. The molecular weight excluding hydrogens is 558 g/mol. The van der Waals surface area contributed by atoms with Crippen LogP contribution in [-0.2, 0) is 29.2 Å². The zero-order valence-corrected chi connectivity index (χ0v) is 24.6. The minimum atomic E-state index is -0.224. The molecule has 44 heavy (non-hydrogen) atoms. The highest BCUT2D eigenvalue weighted by molar-refractivity contribution is 6.04. The number of fused-ring (bicyclic) bond motifs is 2. The quantitative estimate of drug-likeness (QED) is 0.281. The molecule has 0 saturated heterocycles. The number of rotatable bonds is 11. The van der Waals surface area contributed by atoms with Crippen LogP contribution in [-0.4, -0.2) is 52.6 Å². The zero-order chi connectivity index (χ0) is 30.6. The molecule has 10 heteroatoms. The van der Waals surface area contributed by atoms with E-state index < -0.39 is 0 Å². The maximum Gasteiger partial charge on any atom is 0.262 e. The van der Waals surface area contributed by atoms with Crippen LogP contribution in [0.3, 0.4) is 0 Å². The third-order valence-corrected chi connectivity index (χ3v) is 8.31. The molecule has 10 nitrogen and oxygen atoms in total. The second-order valence-electron chi connectivity index (χ2n) is 11.7. The molecule has 0 atom stereocenters. The van der Waals surface area contributed by atoms with Crippen LogP contribution in [0, 0.1) is 0 Å². The molecule has 0 aromatic heterocycles. The van der Waals surface area contributed by atoms with Crippen molar-refractivity contribution >= 4 is 35.0 Å². The summed E-state index contributed by atoms with van der Waals surface area (Å²) in [6.07, 6.45) is 5.18. The average Bonchev–Trinajstić information content (AvgIpc) is 3.79. The van der Waals surface area contributed by atoms with Crippen LogP contribution in [0.4, 0.5) is 11.4 Å². The monoisotopic (exact) mass is 595 g/mol. The van der Waals surface area contributed by atoms with E-state index in [0.717, 1.165) is 48.8 Å². The van der Waals surface area contributed by atoms with Gasteiger partial charge in [0.25, 0.3) is 17.7 Å². The third kappa shape index (κ3) is 6.75. The number of benzene rings is 3. The number of unbranched alkanes of at least 4 members (excludes halogenated alkanes) is 2. The highest BCUT2D eigenvalue weighted by atomic mass is 16.5. The lowest BCUT2D eigenvalue weighted by atomic mass is 10.1. The highest BCUT2D eigenvalue weighted by Gasteiger charge is 2.33. The first-order valence-corrected chi connectivity index (χ1v) is 15.3. The summed E-state index contributed by atoms with van der Waals surface area (Å²) in [5.41, 5.74) is 10.9. The van der Waals surface area contributed by atoms with Gasteiger partial charge in [0.15, 0.2) is 6.61 Å². The number of carbonyl (C=O) groups excluding carboxylic acids is 4. The lowest BCUT2D eigenvalue weighted by molar-refractivity contribution is -0.132. The summed E-state index contributed by atoms with van der Waals surface area (Å²) in [5, 5.41) is 5.73. The molecule has 0 unspecified atom stereocenters. The molecule has 4 amide bonds. The van der Waals surface area contributed by atoms with Crippen LogP contribution in [0.2, 0.25) is 0 Å². The molecule has 2 aliphatic heterocycles. The van der Waals surface area contributed by atoms with Crippen LogP contribution >= 0.6 is 0 Å². The molecule has 1 fully saturated rings. The Hall–Kier alpha value is -4.70. The van der Waals surface area contributed by atoms with E-state index in [1.54, 1.807) is 30.3 Å². The third-order valence-electron chi connectivity index (χ3n) is 8.31. The Balaban J connectivity index is 1.05. The van der Waals surface area contributed by atoms with Gasteiger partial charge in [-0.3, -0.25) is 19.2 Å². The summed E-state index contributed by atoms with van der Waals surface area (Å²) in [6, 6.07) is 18.3. The normalized spacial score (nSPS) is 15.1. The topological polar surface area (TPSA) is 134 Å². The van der Waals surface area contributed by atoms with Crippen molar-refractivity contribution in [3.8, 4) is 5.75 Å². The van der Waals surface area contributed by atoms with Gasteiger partial charge in [0.2, 0.25) is 5.91 Å². The summed E-state index contributed by atoms with van der Waals surface area (Å²) in [4.78, 5) is 54.4. The molecule has 0 radical (unpaired) electrons. The molecule has 1 saturated carbocycles. The minimum absolute atomic E-state index is 0.0702. The fourth-order valence-electron chi connectivity index (χ4n) is 5.69. The Bertz CT molecular complexity index is 1580. The summed E-state index contributed by atoms with van der Waals surface area (Å²) in [7, 11) is 0. The SMILES string of the molecule is NCCCCCC(=O)N1Cc2ccc(NC(=O)c3ccc(CN(C(=O)c4ccc5c(c4)OCC(=O)N5)C4CC4)cc3)cc2C1. The van der Waals surface area contributed by atoms with Crippen LogP contribution in [0.15, 0.2) is 60.7 Å². The van der Waals surface area contributed by atoms with Gasteiger partial charge in [-0.15, -0.1) is 0 Å². The number of nitrogens with one attached hydrogen (secondary N) is 2. The lowest BCUT2D eigenvalue weighted by Crippen LogP contribution is -2.33. The standard InChI is InChI=1S/C34H37N5O5/c35-15-3-1-2-4-32(41)38-19-25-9-11-27(16-26(25)20-38)36-33(42)23-7-5-22(6-8-23)18-39(28-12-13-28)34(43)24-10-14-29-30(17-24)44-21-31(40)37-29/h5-11,14,16-17,28H,1-4,12-13,15,18-21,35H2,(H,36,42)(H,37,40). The fourth-order valence-corrected chi connectivity index (χ4v) is 5.69. The Labute approximate surface area is 256 Å². The maximum atomic E-state index is 13.5. The molecule has 0 spiro atoms. The zero-order valence-electron chi connectivity index (χ0n) is 24.6. The number of nitrogens with two attached hydrogens (primary N) is 1. The van der Waals surface area contributed by atoms with Gasteiger partial charge in [-0.25, -0.2) is 0 Å². The number of amides is 4. The first kappa shape index (κ1) is 29.4. The van der Waals surface area contributed by atoms with Crippen LogP contribution in [0.1, 0.15) is 75.9 Å². The second-order valence-corrected chi connectivity index (χ2v) is 11.7. The van der Waals surface area contributed by atoms with Crippen molar-refractivity contribution in [2.45, 2.75) is 64.2 Å². The molecule has 3 aromatic rings. The number of hydrogen-bond acceptors (Lipinski definition) is 6. The first-order valence-electron chi connectivity index (χ1n) is 15.3. The molecule has 228 valence electrons. The molecule has 1 aliphatic carbocycles. The molecule has 6 rings (SSSR count). The van der Waals surface area contributed by atoms with Crippen LogP contribution in [0.25, 0.3) is 0 Å². The van der Waals surface area contributed by atoms with E-state index in [0.29, 0.717) is 60.9 Å². The van der Waals surface area contributed by atoms with E-state index in [4.69, 9.17) is 10.5 Å². The van der Waals surface area contributed by atoms with Crippen LogP contribution < -0.4 is 21.1 Å². The number of nitrogens with zero attached hydrogens (tertiary/aromatic N) is 2. The van der Waals surface area contributed by atoms with Crippen molar-refractivity contribution in [3.05, 3.63) is 88.5 Å². The molecule has 3 aromatic carbocycles. The van der Waals surface area contributed by atoms with E-state index >= 15 is 0 Å². The summed E-state index contributed by atoms with van der Waals surface area (Å²) in [6.45, 7) is 2.15. The van der Waals surface area contributed by atoms with E-state index in [-0.39, 0.29) is 36.3 Å². The maximum absolute atomic E-state index is 13.5. The van der Waals surface area contributed by atoms with Crippen molar-refractivity contribution in [3.63, 3.8) is 0 Å². The van der Waals surface area contributed by atoms with Gasteiger partial charge in [0.05, 0.1) is 5.69 Å². The smallest absolute Gasteiger partial charge is 0.262 e. The second kappa shape index (κ2) is 12.9. The molecular formula is C34H37N5O5. The van der Waals surface area contributed by atoms with Crippen molar-refractivity contribution in [2.75, 3.05) is 23.8 Å². The largest absolute Gasteiger partial charge is 0.482 e.